The smallest absolute Gasteiger partial charge is 0.320 e. The van der Waals surface area contributed by atoms with Crippen molar-refractivity contribution in [1.82, 2.24) is 5.32 Å². The first-order valence-corrected chi connectivity index (χ1v) is 7.03. The maximum absolute atomic E-state index is 14.0. The summed E-state index contributed by atoms with van der Waals surface area (Å²) in [5.74, 6) is -6.27. The Hall–Kier alpha value is -2.68. The predicted molar refractivity (Wildman–Crippen MR) is 81.3 cm³/mol. The molecule has 0 radical (unpaired) electrons. The van der Waals surface area contributed by atoms with Gasteiger partial charge in [-0.05, 0) is 36.5 Å². The van der Waals surface area contributed by atoms with Crippen molar-refractivity contribution in [3.63, 3.8) is 0 Å². The van der Waals surface area contributed by atoms with Gasteiger partial charge in [0.1, 0.15) is 6.04 Å². The highest BCUT2D eigenvalue weighted by Crippen LogP contribution is 2.29. The van der Waals surface area contributed by atoms with E-state index >= 15 is 0 Å². The number of halogens is 1. The quantitative estimate of drug-likeness (QED) is 0.476. The van der Waals surface area contributed by atoms with Gasteiger partial charge in [-0.25, -0.2) is 4.39 Å². The van der Waals surface area contributed by atoms with Gasteiger partial charge in [0.25, 0.3) is 5.91 Å². The third kappa shape index (κ3) is 4.19. The minimum absolute atomic E-state index is 0.149. The van der Waals surface area contributed by atoms with Crippen molar-refractivity contribution in [1.29, 1.82) is 0 Å². The van der Waals surface area contributed by atoms with Crippen LogP contribution in [-0.2, 0) is 16.0 Å². The molecule has 0 aliphatic carbocycles. The van der Waals surface area contributed by atoms with Crippen LogP contribution in [0.4, 0.5) is 4.39 Å². The average Bonchev–Trinajstić information content (AvgIpc) is 2.50. The Morgan fingerprint density at radius 3 is 2.38 bits per heavy atom. The number of carbonyl (C=O) groups excluding carboxylic acids is 1. The topological polar surface area (TPSA) is 150 Å². The number of phenolic OH excluding ortho intramolecular Hbond substituents is 1. The second-order valence-corrected chi connectivity index (χ2v) is 5.37. The van der Waals surface area contributed by atoms with Crippen LogP contribution >= 0.6 is 0 Å². The van der Waals surface area contributed by atoms with E-state index in [9.17, 15) is 23.9 Å². The van der Waals surface area contributed by atoms with E-state index in [4.69, 9.17) is 15.9 Å². The fraction of sp³-hybridized carbons (Fsp3) is 0.400. The molecule has 9 heteroatoms. The molecule has 8 nitrogen and oxygen atoms in total. The van der Waals surface area contributed by atoms with E-state index in [0.717, 1.165) is 6.07 Å². The number of benzene rings is 1. The normalized spacial score (nSPS) is 13.2. The fourth-order valence-corrected chi connectivity index (χ4v) is 2.43. The summed E-state index contributed by atoms with van der Waals surface area (Å²) in [7, 11) is 1.29. The maximum atomic E-state index is 14.0. The van der Waals surface area contributed by atoms with Crippen molar-refractivity contribution in [3.05, 3.63) is 28.6 Å². The first kappa shape index (κ1) is 19.4. The number of nitrogens with one attached hydrogen (secondary N) is 1. The van der Waals surface area contributed by atoms with E-state index in [0.29, 0.717) is 0 Å². The lowest BCUT2D eigenvalue weighted by molar-refractivity contribution is -0.142. The number of carboxylic acids is 2. The van der Waals surface area contributed by atoms with Crippen LogP contribution in [0.15, 0.2) is 6.07 Å². The van der Waals surface area contributed by atoms with E-state index in [-0.39, 0.29) is 23.1 Å². The van der Waals surface area contributed by atoms with Gasteiger partial charge in [-0.3, -0.25) is 14.4 Å². The molecule has 0 heterocycles. The van der Waals surface area contributed by atoms with E-state index in [2.05, 4.69) is 5.32 Å². The monoisotopic (exact) mass is 342 g/mol. The molecule has 0 fully saturated rings. The van der Waals surface area contributed by atoms with Gasteiger partial charge in [-0.15, -0.1) is 0 Å². The molecule has 0 saturated heterocycles. The molecule has 0 aliphatic heterocycles. The van der Waals surface area contributed by atoms with Gasteiger partial charge in [-0.2, -0.15) is 0 Å². The Morgan fingerprint density at radius 2 is 1.92 bits per heavy atom. The van der Waals surface area contributed by atoms with E-state index < -0.39 is 47.8 Å². The molecule has 0 spiro atoms. The molecule has 2 unspecified atom stereocenters. The van der Waals surface area contributed by atoms with Crippen LogP contribution in [0.25, 0.3) is 0 Å². The Kier molecular flexibility index (Phi) is 6.24. The van der Waals surface area contributed by atoms with Gasteiger partial charge in [0.05, 0.1) is 12.0 Å². The number of nitrogens with two attached hydrogens (primary N) is 1. The van der Waals surface area contributed by atoms with Crippen molar-refractivity contribution >= 4 is 17.8 Å². The van der Waals surface area contributed by atoms with E-state index in [1.165, 1.54) is 14.0 Å². The number of aromatic hydroxyl groups is 1. The van der Waals surface area contributed by atoms with Crippen LogP contribution < -0.4 is 11.1 Å². The second kappa shape index (κ2) is 7.73. The largest absolute Gasteiger partial charge is 0.505 e. The zero-order valence-electron chi connectivity index (χ0n) is 13.2. The van der Waals surface area contributed by atoms with Crippen molar-refractivity contribution < 1.29 is 34.1 Å². The maximum Gasteiger partial charge on any atom is 0.320 e. The number of hydrogen-bond acceptors (Lipinski definition) is 5. The molecule has 0 saturated carbocycles. The molecule has 24 heavy (non-hydrogen) atoms. The summed E-state index contributed by atoms with van der Waals surface area (Å²) in [6.07, 6.45) is -0.677. The van der Waals surface area contributed by atoms with Crippen LogP contribution in [0.5, 0.6) is 5.75 Å². The van der Waals surface area contributed by atoms with Gasteiger partial charge < -0.3 is 26.4 Å². The SMILES string of the molecule is CNC(=O)c1c(C)c(CC(CC(=O)O)C(N)C(=O)O)cc(O)c1F. The van der Waals surface area contributed by atoms with Crippen molar-refractivity contribution in [2.45, 2.75) is 25.8 Å². The lowest BCUT2D eigenvalue weighted by Gasteiger charge is -2.21. The molecule has 132 valence electrons. The summed E-state index contributed by atoms with van der Waals surface area (Å²) in [5.41, 5.74) is 5.56. The summed E-state index contributed by atoms with van der Waals surface area (Å²) in [6, 6.07) is -0.420. The highest BCUT2D eigenvalue weighted by molar-refractivity contribution is 5.96. The number of aliphatic carboxylic acids is 2. The highest BCUT2D eigenvalue weighted by atomic mass is 19.1. The van der Waals surface area contributed by atoms with Gasteiger partial charge in [-0.1, -0.05) is 0 Å². The lowest BCUT2D eigenvalue weighted by atomic mass is 9.86. The third-order valence-corrected chi connectivity index (χ3v) is 3.78. The molecule has 0 bridgehead atoms. The van der Waals surface area contributed by atoms with Crippen LogP contribution in [0.3, 0.4) is 0 Å². The Balaban J connectivity index is 3.34. The summed E-state index contributed by atoms with van der Waals surface area (Å²) in [6.45, 7) is 1.42. The summed E-state index contributed by atoms with van der Waals surface area (Å²) in [5, 5.41) is 29.8. The minimum Gasteiger partial charge on any atom is -0.505 e. The van der Waals surface area contributed by atoms with Crippen molar-refractivity contribution in [3.8, 4) is 5.75 Å². The number of carbonyl (C=O) groups is 3. The molecular formula is C15H19FN2O6. The molecular weight excluding hydrogens is 323 g/mol. The van der Waals surface area contributed by atoms with Crippen LogP contribution in [0, 0.1) is 18.7 Å². The van der Waals surface area contributed by atoms with Crippen molar-refractivity contribution in [2.75, 3.05) is 7.05 Å². The molecule has 0 aliphatic rings. The van der Waals surface area contributed by atoms with E-state index in [1.54, 1.807) is 0 Å². The number of amides is 1. The molecule has 2 atom stereocenters. The lowest BCUT2D eigenvalue weighted by Crippen LogP contribution is -2.40. The number of phenols is 1. The molecule has 1 rings (SSSR count). The first-order chi connectivity index (χ1) is 11.1. The van der Waals surface area contributed by atoms with Gasteiger partial charge >= 0.3 is 11.9 Å². The molecule has 1 aromatic rings. The fourth-order valence-electron chi connectivity index (χ4n) is 2.43. The van der Waals surface area contributed by atoms with E-state index in [1.807, 2.05) is 0 Å². The van der Waals surface area contributed by atoms with Crippen LogP contribution in [0.1, 0.15) is 27.9 Å². The molecule has 1 amide bonds. The standard InChI is InChI=1S/C15H19FN2O6/c1-6-7(3-8(5-10(20)21)13(17)15(23)24)4-9(19)12(16)11(6)14(22)18-2/h4,8,13,19H,3,5,17H2,1-2H3,(H,18,22)(H,20,21)(H,23,24). The Bertz CT molecular complexity index is 676. The third-order valence-electron chi connectivity index (χ3n) is 3.78. The second-order valence-electron chi connectivity index (χ2n) is 5.37. The summed E-state index contributed by atoms with van der Waals surface area (Å²) in [4.78, 5) is 33.8. The average molecular weight is 342 g/mol. The van der Waals surface area contributed by atoms with Gasteiger partial charge in [0, 0.05) is 7.05 Å². The highest BCUT2D eigenvalue weighted by Gasteiger charge is 2.29. The zero-order chi connectivity index (χ0) is 18.6. The molecule has 0 aromatic heterocycles. The zero-order valence-corrected chi connectivity index (χ0v) is 13.2. The predicted octanol–water partition coefficient (Wildman–Crippen LogP) is 0.245. The number of carboxylic acid groups (broad SMARTS) is 2. The minimum atomic E-state index is -1.46. The molecule has 1 aromatic carbocycles. The first-order valence-electron chi connectivity index (χ1n) is 7.03. The number of rotatable bonds is 7. The van der Waals surface area contributed by atoms with Crippen LogP contribution in [0.2, 0.25) is 0 Å². The Morgan fingerprint density at radius 1 is 1.33 bits per heavy atom. The molecule has 6 N–H and O–H groups in total. The summed E-state index contributed by atoms with van der Waals surface area (Å²) < 4.78 is 14.0. The van der Waals surface area contributed by atoms with Crippen molar-refractivity contribution in [2.24, 2.45) is 11.7 Å². The van der Waals surface area contributed by atoms with Gasteiger partial charge in [0.15, 0.2) is 11.6 Å². The number of hydrogen-bond donors (Lipinski definition) is 5. The Labute approximate surface area is 137 Å². The summed E-state index contributed by atoms with van der Waals surface area (Å²) >= 11 is 0. The van der Waals surface area contributed by atoms with Gasteiger partial charge in [0.2, 0.25) is 0 Å². The van der Waals surface area contributed by atoms with Crippen LogP contribution in [-0.4, -0.2) is 46.3 Å².